The summed E-state index contributed by atoms with van der Waals surface area (Å²) in [6.07, 6.45) is 8.30. The number of benzene rings is 1. The molecule has 1 fully saturated rings. The standard InChI is InChI=1S/C26H27N3O4/c30-23(17-14-22(27-15-17)25(31)29-12-6-7-13-29)16-33-26(32)24-18-8-2-1-3-10-20(18)28-21-11-5-4-9-19(21)24/h4-5,9,11,14-15,27H,1-3,6-8,10,12-13,16H2. The molecule has 2 aromatic heterocycles. The Morgan fingerprint density at radius 3 is 2.64 bits per heavy atom. The summed E-state index contributed by atoms with van der Waals surface area (Å²) in [6.45, 7) is 1.10. The number of likely N-dealkylation sites (tertiary alicyclic amines) is 1. The number of rotatable bonds is 5. The molecule has 3 heterocycles. The zero-order valence-electron chi connectivity index (χ0n) is 18.6. The lowest BCUT2D eigenvalue weighted by Crippen LogP contribution is -2.27. The summed E-state index contributed by atoms with van der Waals surface area (Å²) < 4.78 is 5.50. The van der Waals surface area contributed by atoms with Gasteiger partial charge >= 0.3 is 5.97 Å². The maximum absolute atomic E-state index is 13.2. The topological polar surface area (TPSA) is 92.4 Å². The lowest BCUT2D eigenvalue weighted by Gasteiger charge is -2.14. The number of amides is 1. The fourth-order valence-corrected chi connectivity index (χ4v) is 4.84. The predicted octanol–water partition coefficient (Wildman–Crippen LogP) is 4.11. The highest BCUT2D eigenvalue weighted by molar-refractivity contribution is 6.07. The van der Waals surface area contributed by atoms with Crippen molar-refractivity contribution in [1.82, 2.24) is 14.9 Å². The van der Waals surface area contributed by atoms with Gasteiger partial charge < -0.3 is 14.6 Å². The van der Waals surface area contributed by atoms with Crippen LogP contribution in [-0.2, 0) is 17.6 Å². The third kappa shape index (κ3) is 4.27. The third-order valence-electron chi connectivity index (χ3n) is 6.59. The number of aromatic nitrogens is 2. The maximum atomic E-state index is 13.2. The molecule has 1 amide bonds. The van der Waals surface area contributed by atoms with E-state index in [4.69, 9.17) is 9.72 Å². The number of ketones is 1. The van der Waals surface area contributed by atoms with Gasteiger partial charge in [-0.3, -0.25) is 14.6 Å². The summed E-state index contributed by atoms with van der Waals surface area (Å²) >= 11 is 0. The Labute approximate surface area is 192 Å². The Hall–Kier alpha value is -3.48. The molecule has 7 heteroatoms. The quantitative estimate of drug-likeness (QED) is 0.363. The van der Waals surface area contributed by atoms with Crippen molar-refractivity contribution in [3.8, 4) is 0 Å². The van der Waals surface area contributed by atoms with Gasteiger partial charge in [0, 0.05) is 35.9 Å². The summed E-state index contributed by atoms with van der Waals surface area (Å²) in [5.41, 5.74) is 3.93. The molecule has 3 aromatic rings. The van der Waals surface area contributed by atoms with Gasteiger partial charge in [0.05, 0.1) is 11.1 Å². The Kier molecular flexibility index (Phi) is 5.94. The molecule has 5 rings (SSSR count). The van der Waals surface area contributed by atoms with Crippen LogP contribution >= 0.6 is 0 Å². The van der Waals surface area contributed by atoms with Gasteiger partial charge in [-0.05, 0) is 56.2 Å². The van der Waals surface area contributed by atoms with Crippen LogP contribution in [0.2, 0.25) is 0 Å². The van der Waals surface area contributed by atoms with Gasteiger partial charge in [-0.2, -0.15) is 0 Å². The minimum Gasteiger partial charge on any atom is -0.454 e. The minimum absolute atomic E-state index is 0.102. The lowest BCUT2D eigenvalue weighted by atomic mass is 9.97. The molecule has 170 valence electrons. The number of esters is 1. The van der Waals surface area contributed by atoms with Crippen molar-refractivity contribution in [1.29, 1.82) is 0 Å². The van der Waals surface area contributed by atoms with Crippen LogP contribution in [0.4, 0.5) is 0 Å². The molecule has 1 aliphatic carbocycles. The summed E-state index contributed by atoms with van der Waals surface area (Å²) in [4.78, 5) is 47.9. The SMILES string of the molecule is O=C(COC(=O)c1c2c(nc3ccccc13)CCCCC2)c1c[nH]c(C(=O)N2CCCC2)c1. The predicted molar refractivity (Wildman–Crippen MR) is 124 cm³/mol. The summed E-state index contributed by atoms with van der Waals surface area (Å²) in [7, 11) is 0. The van der Waals surface area contributed by atoms with Gasteiger partial charge in [0.2, 0.25) is 5.78 Å². The van der Waals surface area contributed by atoms with Crippen molar-refractivity contribution < 1.29 is 19.1 Å². The van der Waals surface area contributed by atoms with E-state index >= 15 is 0 Å². The van der Waals surface area contributed by atoms with Gasteiger partial charge in [-0.15, -0.1) is 0 Å². The molecular formula is C26H27N3O4. The number of ether oxygens (including phenoxy) is 1. The smallest absolute Gasteiger partial charge is 0.339 e. The molecule has 1 aliphatic heterocycles. The van der Waals surface area contributed by atoms with Crippen molar-refractivity contribution >= 4 is 28.6 Å². The van der Waals surface area contributed by atoms with Gasteiger partial charge in [-0.25, -0.2) is 4.79 Å². The largest absolute Gasteiger partial charge is 0.454 e. The third-order valence-corrected chi connectivity index (χ3v) is 6.59. The number of carbonyl (C=O) groups is 3. The molecule has 1 N–H and O–H groups in total. The highest BCUT2D eigenvalue weighted by atomic mass is 16.5. The Bertz CT molecular complexity index is 1220. The number of Topliss-reactive ketones (excluding diaryl/α,β-unsaturated/α-hetero) is 1. The van der Waals surface area contributed by atoms with E-state index in [1.54, 1.807) is 11.0 Å². The number of pyridine rings is 1. The number of carbonyl (C=O) groups excluding carboxylic acids is 3. The molecule has 0 bridgehead atoms. The molecule has 0 saturated carbocycles. The number of fused-ring (bicyclic) bond motifs is 2. The van der Waals surface area contributed by atoms with Crippen LogP contribution < -0.4 is 0 Å². The zero-order valence-corrected chi connectivity index (χ0v) is 18.6. The van der Waals surface area contributed by atoms with E-state index in [1.165, 1.54) is 6.20 Å². The van der Waals surface area contributed by atoms with E-state index in [2.05, 4.69) is 4.98 Å². The first-order valence-electron chi connectivity index (χ1n) is 11.7. The van der Waals surface area contributed by atoms with E-state index in [9.17, 15) is 14.4 Å². The van der Waals surface area contributed by atoms with Crippen LogP contribution in [0.5, 0.6) is 0 Å². The number of aryl methyl sites for hydroxylation is 1. The molecule has 1 aromatic carbocycles. The van der Waals surface area contributed by atoms with E-state index < -0.39 is 5.97 Å². The maximum Gasteiger partial charge on any atom is 0.339 e. The Balaban J connectivity index is 1.34. The molecule has 0 radical (unpaired) electrons. The number of aromatic amines is 1. The molecule has 1 saturated heterocycles. The number of H-pyrrole nitrogens is 1. The second kappa shape index (κ2) is 9.17. The Morgan fingerprint density at radius 1 is 1.00 bits per heavy atom. The molecular weight excluding hydrogens is 418 g/mol. The van der Waals surface area contributed by atoms with E-state index in [1.807, 2.05) is 24.3 Å². The zero-order chi connectivity index (χ0) is 22.8. The number of nitrogens with zero attached hydrogens (tertiary/aromatic N) is 2. The van der Waals surface area contributed by atoms with Gasteiger partial charge in [-0.1, -0.05) is 24.6 Å². The molecule has 0 spiro atoms. The first-order valence-corrected chi connectivity index (χ1v) is 11.7. The van der Waals surface area contributed by atoms with E-state index in [-0.39, 0.29) is 18.3 Å². The number of hydrogen-bond donors (Lipinski definition) is 1. The second-order valence-electron chi connectivity index (χ2n) is 8.79. The average molecular weight is 446 g/mol. The van der Waals surface area contributed by atoms with Crippen LogP contribution in [0, 0.1) is 0 Å². The monoisotopic (exact) mass is 445 g/mol. The minimum atomic E-state index is -0.496. The number of nitrogens with one attached hydrogen (secondary N) is 1. The molecule has 2 aliphatic rings. The molecule has 33 heavy (non-hydrogen) atoms. The van der Waals surface area contributed by atoms with Crippen molar-refractivity contribution in [2.24, 2.45) is 0 Å². The van der Waals surface area contributed by atoms with Crippen LogP contribution in [0.1, 0.15) is 74.6 Å². The van der Waals surface area contributed by atoms with Crippen molar-refractivity contribution in [3.63, 3.8) is 0 Å². The van der Waals surface area contributed by atoms with Gasteiger partial charge in [0.1, 0.15) is 5.69 Å². The number of hydrogen-bond acceptors (Lipinski definition) is 5. The van der Waals surface area contributed by atoms with Crippen molar-refractivity contribution in [2.45, 2.75) is 44.9 Å². The van der Waals surface area contributed by atoms with Gasteiger partial charge in [0.15, 0.2) is 6.61 Å². The van der Waals surface area contributed by atoms with Gasteiger partial charge in [0.25, 0.3) is 5.91 Å². The fourth-order valence-electron chi connectivity index (χ4n) is 4.84. The van der Waals surface area contributed by atoms with E-state index in [0.29, 0.717) is 16.8 Å². The first-order chi connectivity index (χ1) is 16.1. The summed E-state index contributed by atoms with van der Waals surface area (Å²) in [5.74, 6) is -0.942. The Morgan fingerprint density at radius 2 is 1.79 bits per heavy atom. The summed E-state index contributed by atoms with van der Waals surface area (Å²) in [5, 5.41) is 0.760. The van der Waals surface area contributed by atoms with Crippen LogP contribution in [0.25, 0.3) is 10.9 Å². The fraction of sp³-hybridized carbons (Fsp3) is 0.385. The molecule has 0 unspecified atom stereocenters. The first kappa shape index (κ1) is 21.4. The van der Waals surface area contributed by atoms with Crippen LogP contribution in [-0.4, -0.2) is 52.2 Å². The van der Waals surface area contributed by atoms with E-state index in [0.717, 1.165) is 80.2 Å². The summed E-state index contributed by atoms with van der Waals surface area (Å²) in [6, 6.07) is 9.12. The molecule has 7 nitrogen and oxygen atoms in total. The number of para-hydroxylation sites is 1. The average Bonchev–Trinajstić information content (AvgIpc) is 3.50. The second-order valence-corrected chi connectivity index (χ2v) is 8.79. The van der Waals surface area contributed by atoms with Crippen LogP contribution in [0.3, 0.4) is 0 Å². The molecule has 0 atom stereocenters. The lowest BCUT2D eigenvalue weighted by molar-refractivity contribution is 0.0475. The highest BCUT2D eigenvalue weighted by Crippen LogP contribution is 2.29. The highest BCUT2D eigenvalue weighted by Gasteiger charge is 2.25. The van der Waals surface area contributed by atoms with Crippen molar-refractivity contribution in [2.75, 3.05) is 19.7 Å². The van der Waals surface area contributed by atoms with Crippen LogP contribution in [0.15, 0.2) is 36.5 Å². The van der Waals surface area contributed by atoms with Crippen molar-refractivity contribution in [3.05, 3.63) is 64.6 Å². The normalized spacial score (nSPS) is 15.8.